The Morgan fingerprint density at radius 2 is 2.03 bits per heavy atom. The van der Waals surface area contributed by atoms with Crippen LogP contribution < -0.4 is 9.64 Å². The van der Waals surface area contributed by atoms with Crippen molar-refractivity contribution < 1.29 is 14.6 Å². The summed E-state index contributed by atoms with van der Waals surface area (Å²) in [5, 5.41) is 16.7. The molecule has 2 amide bonds. The van der Waals surface area contributed by atoms with Gasteiger partial charge in [-0.15, -0.1) is 0 Å². The van der Waals surface area contributed by atoms with E-state index in [1.165, 1.54) is 0 Å². The number of aliphatic hydroxyl groups is 1. The highest BCUT2D eigenvalue weighted by molar-refractivity contribution is 5.95. The smallest absolute Gasteiger partial charge is 0.325 e. The molecule has 1 saturated heterocycles. The summed E-state index contributed by atoms with van der Waals surface area (Å²) in [5.74, 6) is 0.744. The summed E-state index contributed by atoms with van der Waals surface area (Å²) in [6.07, 6.45) is 3.59. The van der Waals surface area contributed by atoms with Crippen molar-refractivity contribution in [1.82, 2.24) is 15.1 Å². The number of nitrogens with zero attached hydrogens (tertiary/aromatic N) is 3. The van der Waals surface area contributed by atoms with Crippen LogP contribution in [0, 0.1) is 0 Å². The summed E-state index contributed by atoms with van der Waals surface area (Å²) in [7, 11) is 1.62. The molecular formula is C22H24N4O3. The maximum Gasteiger partial charge on any atom is 0.325 e. The Hall–Kier alpha value is -3.32. The average molecular weight is 392 g/mol. The lowest BCUT2D eigenvalue weighted by atomic mass is 10.1. The van der Waals surface area contributed by atoms with Crippen molar-refractivity contribution in [3.05, 3.63) is 66.5 Å². The molecule has 1 aliphatic heterocycles. The molecule has 1 aliphatic rings. The standard InChI is InChI=1S/C22H24N4O3/c1-15(17-4-3-5-21(10-17)29-2)26-20(14-27)13-25(22(26)28)19-8-6-16(7-9-19)18-11-23-24-12-18/h3-12,15,20,27H,13-14H2,1-2H3,(H,23,24)/t15?,20-/m1/s1. The van der Waals surface area contributed by atoms with Crippen molar-refractivity contribution in [3.8, 4) is 16.9 Å². The van der Waals surface area contributed by atoms with Gasteiger partial charge in [-0.05, 0) is 42.3 Å². The summed E-state index contributed by atoms with van der Waals surface area (Å²) in [4.78, 5) is 16.7. The normalized spacial score (nSPS) is 17.6. The molecule has 0 saturated carbocycles. The van der Waals surface area contributed by atoms with E-state index in [4.69, 9.17) is 4.74 Å². The number of carbonyl (C=O) groups is 1. The van der Waals surface area contributed by atoms with Crippen LogP contribution in [0.3, 0.4) is 0 Å². The molecule has 2 N–H and O–H groups in total. The number of anilines is 1. The van der Waals surface area contributed by atoms with Crippen LogP contribution >= 0.6 is 0 Å². The zero-order valence-electron chi connectivity index (χ0n) is 16.4. The van der Waals surface area contributed by atoms with Crippen LogP contribution in [-0.2, 0) is 0 Å². The van der Waals surface area contributed by atoms with Crippen molar-refractivity contribution in [3.63, 3.8) is 0 Å². The summed E-state index contributed by atoms with van der Waals surface area (Å²) >= 11 is 0. The van der Waals surface area contributed by atoms with Crippen LogP contribution in [0.2, 0.25) is 0 Å². The Balaban J connectivity index is 1.58. The van der Waals surface area contributed by atoms with E-state index in [1.54, 1.807) is 23.1 Å². The van der Waals surface area contributed by atoms with Crippen LogP contribution in [0.25, 0.3) is 11.1 Å². The first-order valence-electron chi connectivity index (χ1n) is 9.56. The van der Waals surface area contributed by atoms with E-state index < -0.39 is 0 Å². The molecule has 1 unspecified atom stereocenters. The lowest BCUT2D eigenvalue weighted by Gasteiger charge is -2.29. The van der Waals surface area contributed by atoms with Crippen molar-refractivity contribution in [2.24, 2.45) is 0 Å². The third-order valence-electron chi connectivity index (χ3n) is 5.45. The molecule has 2 heterocycles. The van der Waals surface area contributed by atoms with Crippen molar-refractivity contribution in [2.75, 3.05) is 25.2 Å². The molecule has 4 rings (SSSR count). The third-order valence-corrected chi connectivity index (χ3v) is 5.45. The number of nitrogens with one attached hydrogen (secondary N) is 1. The molecule has 0 spiro atoms. The van der Waals surface area contributed by atoms with Gasteiger partial charge in [-0.3, -0.25) is 10.00 Å². The number of carbonyl (C=O) groups excluding carboxylic acids is 1. The fourth-order valence-corrected chi connectivity index (χ4v) is 3.82. The highest BCUT2D eigenvalue weighted by atomic mass is 16.5. The first kappa shape index (κ1) is 19.0. The number of aromatic nitrogens is 2. The van der Waals surface area contributed by atoms with Crippen LogP contribution in [0.4, 0.5) is 10.5 Å². The molecule has 7 nitrogen and oxygen atoms in total. The molecule has 0 bridgehead atoms. The minimum Gasteiger partial charge on any atom is -0.497 e. The van der Waals surface area contributed by atoms with E-state index >= 15 is 0 Å². The molecule has 0 aliphatic carbocycles. The van der Waals surface area contributed by atoms with Gasteiger partial charge >= 0.3 is 6.03 Å². The van der Waals surface area contributed by atoms with Gasteiger partial charge in [0.05, 0.1) is 38.5 Å². The lowest BCUT2D eigenvalue weighted by molar-refractivity contribution is 0.141. The average Bonchev–Trinajstić information content (AvgIpc) is 3.41. The van der Waals surface area contributed by atoms with Gasteiger partial charge < -0.3 is 14.7 Å². The first-order valence-corrected chi connectivity index (χ1v) is 9.56. The Bertz CT molecular complexity index is 972. The Kier molecular flexibility index (Phi) is 5.22. The summed E-state index contributed by atoms with van der Waals surface area (Å²) < 4.78 is 5.31. The minimum atomic E-state index is -0.280. The maximum atomic E-state index is 13.3. The predicted molar refractivity (Wildman–Crippen MR) is 111 cm³/mol. The van der Waals surface area contributed by atoms with Crippen LogP contribution in [-0.4, -0.2) is 52.5 Å². The van der Waals surface area contributed by atoms with Gasteiger partial charge in [0, 0.05) is 17.4 Å². The quantitative estimate of drug-likeness (QED) is 0.673. The topological polar surface area (TPSA) is 81.7 Å². The fourth-order valence-electron chi connectivity index (χ4n) is 3.82. The van der Waals surface area contributed by atoms with Crippen molar-refractivity contribution in [1.29, 1.82) is 0 Å². The largest absolute Gasteiger partial charge is 0.497 e. The number of methoxy groups -OCH3 is 1. The van der Waals surface area contributed by atoms with E-state index in [-0.39, 0.29) is 24.7 Å². The SMILES string of the molecule is COc1cccc(C(C)N2C(=O)N(c3ccc(-c4cn[nH]c4)cc3)C[C@@H]2CO)c1. The summed E-state index contributed by atoms with van der Waals surface area (Å²) in [5.41, 5.74) is 3.79. The molecule has 7 heteroatoms. The van der Waals surface area contributed by atoms with E-state index in [0.717, 1.165) is 28.1 Å². The number of hydrogen-bond acceptors (Lipinski definition) is 4. The second kappa shape index (κ2) is 7.97. The number of hydrogen-bond donors (Lipinski definition) is 2. The van der Waals surface area contributed by atoms with E-state index in [1.807, 2.05) is 61.7 Å². The highest BCUT2D eigenvalue weighted by Gasteiger charge is 2.40. The molecule has 2 atom stereocenters. The van der Waals surface area contributed by atoms with E-state index in [2.05, 4.69) is 10.2 Å². The molecular weight excluding hydrogens is 368 g/mol. The Labute approximate surface area is 169 Å². The van der Waals surface area contributed by atoms with Crippen molar-refractivity contribution >= 4 is 11.7 Å². The van der Waals surface area contributed by atoms with Gasteiger partial charge in [0.15, 0.2) is 0 Å². The Morgan fingerprint density at radius 1 is 1.24 bits per heavy atom. The molecule has 29 heavy (non-hydrogen) atoms. The minimum absolute atomic E-state index is 0.0936. The highest BCUT2D eigenvalue weighted by Crippen LogP contribution is 2.33. The van der Waals surface area contributed by atoms with Gasteiger partial charge in [-0.1, -0.05) is 24.3 Å². The zero-order chi connectivity index (χ0) is 20.4. The lowest BCUT2D eigenvalue weighted by Crippen LogP contribution is -2.38. The molecule has 1 fully saturated rings. The predicted octanol–water partition coefficient (Wildman–Crippen LogP) is 3.45. The monoisotopic (exact) mass is 392 g/mol. The number of H-pyrrole nitrogens is 1. The second-order valence-corrected chi connectivity index (χ2v) is 7.12. The number of benzene rings is 2. The van der Waals surface area contributed by atoms with Crippen molar-refractivity contribution in [2.45, 2.75) is 19.0 Å². The zero-order valence-corrected chi connectivity index (χ0v) is 16.4. The summed E-state index contributed by atoms with van der Waals surface area (Å²) in [6, 6.07) is 14.9. The van der Waals surface area contributed by atoms with Crippen LogP contribution in [0.1, 0.15) is 18.5 Å². The van der Waals surface area contributed by atoms with Gasteiger partial charge in [0.2, 0.25) is 0 Å². The molecule has 3 aromatic rings. The summed E-state index contributed by atoms with van der Waals surface area (Å²) in [6.45, 7) is 2.32. The second-order valence-electron chi connectivity index (χ2n) is 7.12. The van der Waals surface area contributed by atoms with E-state index in [0.29, 0.717) is 6.54 Å². The van der Waals surface area contributed by atoms with Gasteiger partial charge in [-0.2, -0.15) is 5.10 Å². The number of ether oxygens (including phenoxy) is 1. The molecule has 2 aromatic carbocycles. The number of urea groups is 1. The number of rotatable bonds is 6. The van der Waals surface area contributed by atoms with Gasteiger partial charge in [0.1, 0.15) is 5.75 Å². The van der Waals surface area contributed by atoms with E-state index in [9.17, 15) is 9.90 Å². The molecule has 150 valence electrons. The fraction of sp³-hybridized carbons (Fsp3) is 0.273. The van der Waals surface area contributed by atoms with Crippen LogP contribution in [0.5, 0.6) is 5.75 Å². The van der Waals surface area contributed by atoms with Crippen LogP contribution in [0.15, 0.2) is 60.9 Å². The number of aromatic amines is 1. The van der Waals surface area contributed by atoms with Gasteiger partial charge in [0.25, 0.3) is 0 Å². The Morgan fingerprint density at radius 3 is 2.69 bits per heavy atom. The maximum absolute atomic E-state index is 13.3. The van der Waals surface area contributed by atoms with Gasteiger partial charge in [-0.25, -0.2) is 4.79 Å². The molecule has 0 radical (unpaired) electrons. The molecule has 1 aromatic heterocycles. The first-order chi connectivity index (χ1) is 14.1. The third kappa shape index (κ3) is 3.56. The number of amides is 2. The number of aliphatic hydroxyl groups excluding tert-OH is 1.